The van der Waals surface area contributed by atoms with Crippen molar-refractivity contribution in [2.45, 2.75) is 37.3 Å². The van der Waals surface area contributed by atoms with Crippen molar-refractivity contribution in [3.8, 4) is 0 Å². The first-order valence-electron chi connectivity index (χ1n) is 6.53. The molecule has 17 heavy (non-hydrogen) atoms. The lowest BCUT2D eigenvalue weighted by Crippen LogP contribution is -2.60. The number of carbonyl (C=O) groups is 1. The second kappa shape index (κ2) is 4.92. The van der Waals surface area contributed by atoms with Crippen LogP contribution in [0.2, 0.25) is 0 Å². The Bertz CT molecular complexity index is 288. The topological polar surface area (TPSA) is 75.6 Å². The first-order chi connectivity index (χ1) is 8.01. The minimum atomic E-state index is -0.772. The lowest BCUT2D eigenvalue weighted by Gasteiger charge is -2.44. The predicted molar refractivity (Wildman–Crippen MR) is 67.4 cm³/mol. The van der Waals surface area contributed by atoms with Crippen molar-refractivity contribution in [3.63, 3.8) is 0 Å². The summed E-state index contributed by atoms with van der Waals surface area (Å²) in [4.78, 5) is 16.2. The second-order valence-electron chi connectivity index (χ2n) is 5.61. The molecule has 0 bridgehead atoms. The molecule has 1 saturated heterocycles. The number of hydrogen-bond donors (Lipinski definition) is 2. The maximum absolute atomic E-state index is 11.4. The average molecular weight is 240 g/mol. The molecule has 1 aliphatic heterocycles. The average Bonchev–Trinajstić information content (AvgIpc) is 2.30. The Hall–Kier alpha value is -0.650. The van der Waals surface area contributed by atoms with Gasteiger partial charge in [-0.3, -0.25) is 9.69 Å². The highest BCUT2D eigenvalue weighted by Crippen LogP contribution is 2.29. The molecule has 2 atom stereocenters. The molecule has 2 aliphatic rings. The summed E-state index contributed by atoms with van der Waals surface area (Å²) in [5.41, 5.74) is 10.8. The van der Waals surface area contributed by atoms with Crippen LogP contribution in [0, 0.1) is 0 Å². The summed E-state index contributed by atoms with van der Waals surface area (Å²) in [6.45, 7) is 4.36. The van der Waals surface area contributed by atoms with Gasteiger partial charge in [0, 0.05) is 32.2 Å². The van der Waals surface area contributed by atoms with Crippen molar-refractivity contribution in [3.05, 3.63) is 0 Å². The quantitative estimate of drug-likeness (QED) is 0.673. The first-order valence-corrected chi connectivity index (χ1v) is 6.53. The van der Waals surface area contributed by atoms with E-state index in [1.165, 1.54) is 0 Å². The van der Waals surface area contributed by atoms with Gasteiger partial charge < -0.3 is 16.4 Å². The monoisotopic (exact) mass is 240 g/mol. The molecule has 1 saturated carbocycles. The van der Waals surface area contributed by atoms with Crippen LogP contribution < -0.4 is 11.5 Å². The summed E-state index contributed by atoms with van der Waals surface area (Å²) >= 11 is 0. The van der Waals surface area contributed by atoms with Gasteiger partial charge in [-0.1, -0.05) is 0 Å². The van der Waals surface area contributed by atoms with Crippen LogP contribution in [0.4, 0.5) is 0 Å². The second-order valence-corrected chi connectivity index (χ2v) is 5.61. The SMILES string of the molecule is CN1CCN(C2CCCC(N)(C(N)=O)C2)CC1. The zero-order valence-corrected chi connectivity index (χ0v) is 10.7. The molecule has 5 nitrogen and oxygen atoms in total. The minimum absolute atomic E-state index is 0.337. The van der Waals surface area contributed by atoms with Crippen molar-refractivity contribution in [1.82, 2.24) is 9.80 Å². The zero-order chi connectivity index (χ0) is 12.5. The van der Waals surface area contributed by atoms with Gasteiger partial charge in [-0.2, -0.15) is 0 Å². The molecule has 0 spiro atoms. The molecule has 0 aromatic rings. The smallest absolute Gasteiger partial charge is 0.237 e. The summed E-state index contributed by atoms with van der Waals surface area (Å²) < 4.78 is 0. The third kappa shape index (κ3) is 2.78. The first kappa shape index (κ1) is 12.8. The van der Waals surface area contributed by atoms with Crippen molar-refractivity contribution >= 4 is 5.91 Å². The number of primary amides is 1. The number of carbonyl (C=O) groups excluding carboxylic acids is 1. The fourth-order valence-corrected chi connectivity index (χ4v) is 3.00. The van der Waals surface area contributed by atoms with E-state index >= 15 is 0 Å². The van der Waals surface area contributed by atoms with Crippen LogP contribution in [0.25, 0.3) is 0 Å². The molecular weight excluding hydrogens is 216 g/mol. The van der Waals surface area contributed by atoms with Gasteiger partial charge in [0.15, 0.2) is 0 Å². The fraction of sp³-hybridized carbons (Fsp3) is 0.917. The normalized spacial score (nSPS) is 36.9. The molecule has 2 unspecified atom stereocenters. The van der Waals surface area contributed by atoms with E-state index in [2.05, 4.69) is 16.8 Å². The summed E-state index contributed by atoms with van der Waals surface area (Å²) in [7, 11) is 2.15. The number of likely N-dealkylation sites (N-methyl/N-ethyl adjacent to an activating group) is 1. The maximum atomic E-state index is 11.4. The van der Waals surface area contributed by atoms with Gasteiger partial charge in [0.05, 0.1) is 5.54 Å². The number of hydrogen-bond acceptors (Lipinski definition) is 4. The predicted octanol–water partition coefficient (Wildman–Crippen LogP) is -0.641. The number of rotatable bonds is 2. The van der Waals surface area contributed by atoms with Crippen LogP contribution in [-0.4, -0.2) is 60.5 Å². The summed E-state index contributed by atoms with van der Waals surface area (Å²) in [6.07, 6.45) is 3.63. The van der Waals surface area contributed by atoms with Gasteiger partial charge in [0.25, 0.3) is 0 Å². The summed E-state index contributed by atoms with van der Waals surface area (Å²) in [6, 6.07) is 0.440. The molecule has 1 heterocycles. The number of nitrogens with two attached hydrogens (primary N) is 2. The van der Waals surface area contributed by atoms with E-state index in [0.717, 1.165) is 51.9 Å². The Balaban J connectivity index is 1.95. The lowest BCUT2D eigenvalue weighted by atomic mass is 9.78. The van der Waals surface area contributed by atoms with Crippen molar-refractivity contribution in [2.24, 2.45) is 11.5 Å². The van der Waals surface area contributed by atoms with Crippen LogP contribution in [-0.2, 0) is 4.79 Å². The summed E-state index contributed by atoms with van der Waals surface area (Å²) in [5.74, 6) is -0.337. The fourth-order valence-electron chi connectivity index (χ4n) is 3.00. The van der Waals surface area contributed by atoms with Crippen molar-refractivity contribution in [1.29, 1.82) is 0 Å². The molecular formula is C12H24N4O. The third-order valence-corrected chi connectivity index (χ3v) is 4.31. The number of nitrogens with zero attached hydrogens (tertiary/aromatic N) is 2. The van der Waals surface area contributed by atoms with Crippen LogP contribution in [0.5, 0.6) is 0 Å². The van der Waals surface area contributed by atoms with E-state index in [4.69, 9.17) is 11.5 Å². The van der Waals surface area contributed by atoms with E-state index in [-0.39, 0.29) is 5.91 Å². The highest BCUT2D eigenvalue weighted by Gasteiger charge is 2.39. The molecule has 5 heteroatoms. The number of piperazine rings is 1. The molecule has 98 valence electrons. The highest BCUT2D eigenvalue weighted by atomic mass is 16.1. The Kier molecular flexibility index (Phi) is 3.70. The lowest BCUT2D eigenvalue weighted by molar-refractivity contribution is -0.125. The maximum Gasteiger partial charge on any atom is 0.237 e. The van der Waals surface area contributed by atoms with Gasteiger partial charge in [-0.15, -0.1) is 0 Å². The van der Waals surface area contributed by atoms with E-state index < -0.39 is 5.54 Å². The Morgan fingerprint density at radius 1 is 1.29 bits per heavy atom. The Morgan fingerprint density at radius 3 is 2.53 bits per heavy atom. The molecule has 4 N–H and O–H groups in total. The van der Waals surface area contributed by atoms with Gasteiger partial charge in [-0.05, 0) is 32.7 Å². The van der Waals surface area contributed by atoms with Crippen LogP contribution in [0.3, 0.4) is 0 Å². The van der Waals surface area contributed by atoms with Crippen molar-refractivity contribution in [2.75, 3.05) is 33.2 Å². The van der Waals surface area contributed by atoms with Crippen LogP contribution in [0.15, 0.2) is 0 Å². The molecule has 2 rings (SSSR count). The van der Waals surface area contributed by atoms with Crippen molar-refractivity contribution < 1.29 is 4.79 Å². The third-order valence-electron chi connectivity index (χ3n) is 4.31. The Labute approximate surface area is 103 Å². The zero-order valence-electron chi connectivity index (χ0n) is 10.7. The van der Waals surface area contributed by atoms with E-state index in [1.807, 2.05) is 0 Å². The largest absolute Gasteiger partial charge is 0.368 e. The highest BCUT2D eigenvalue weighted by molar-refractivity contribution is 5.84. The van der Waals surface area contributed by atoms with E-state index in [0.29, 0.717) is 6.04 Å². The molecule has 1 amide bonds. The van der Waals surface area contributed by atoms with Gasteiger partial charge in [0.2, 0.25) is 5.91 Å². The Morgan fingerprint density at radius 2 is 1.94 bits per heavy atom. The molecule has 1 aliphatic carbocycles. The number of amides is 1. The van der Waals surface area contributed by atoms with E-state index in [1.54, 1.807) is 0 Å². The summed E-state index contributed by atoms with van der Waals surface area (Å²) in [5, 5.41) is 0. The molecule has 0 radical (unpaired) electrons. The van der Waals surface area contributed by atoms with Gasteiger partial charge in [0.1, 0.15) is 0 Å². The van der Waals surface area contributed by atoms with Crippen LogP contribution >= 0.6 is 0 Å². The molecule has 0 aromatic heterocycles. The standard InChI is InChI=1S/C12H24N4O/c1-15-5-7-16(8-6-15)10-3-2-4-12(14,9-10)11(13)17/h10H,2-9,14H2,1H3,(H2,13,17). The van der Waals surface area contributed by atoms with Gasteiger partial charge in [-0.25, -0.2) is 0 Å². The molecule has 2 fully saturated rings. The van der Waals surface area contributed by atoms with Gasteiger partial charge >= 0.3 is 0 Å². The van der Waals surface area contributed by atoms with E-state index in [9.17, 15) is 4.79 Å². The molecule has 0 aromatic carbocycles. The van der Waals surface area contributed by atoms with Crippen LogP contribution in [0.1, 0.15) is 25.7 Å². The minimum Gasteiger partial charge on any atom is -0.368 e.